The number of nitrogens with one attached hydrogen (secondary N) is 1. The molecule has 9 heteroatoms. The molecule has 0 spiro atoms. The third kappa shape index (κ3) is 3.64. The highest BCUT2D eigenvalue weighted by atomic mass is 16.5. The van der Waals surface area contributed by atoms with Crippen molar-refractivity contribution in [3.8, 4) is 11.6 Å². The number of carbonyl (C=O) groups is 1. The van der Waals surface area contributed by atoms with Crippen molar-refractivity contribution in [2.75, 3.05) is 7.11 Å². The van der Waals surface area contributed by atoms with Gasteiger partial charge < -0.3 is 15.3 Å². The first kappa shape index (κ1) is 16.0. The van der Waals surface area contributed by atoms with Crippen LogP contribution in [0.25, 0.3) is 0 Å². The second-order valence-corrected chi connectivity index (χ2v) is 4.25. The summed E-state index contributed by atoms with van der Waals surface area (Å²) in [7, 11) is 1.46. The van der Waals surface area contributed by atoms with Gasteiger partial charge in [-0.3, -0.25) is 9.78 Å². The maximum atomic E-state index is 11.1. The minimum Gasteiger partial charge on any atom is -0.486 e. The maximum Gasteiger partial charge on any atom is 0.218 e. The Labute approximate surface area is 131 Å². The summed E-state index contributed by atoms with van der Waals surface area (Å²) in [4.78, 5) is 19.2. The number of amidine groups is 1. The van der Waals surface area contributed by atoms with E-state index in [2.05, 4.69) is 20.2 Å². The van der Waals surface area contributed by atoms with E-state index in [1.165, 1.54) is 25.6 Å². The molecule has 0 aliphatic carbocycles. The summed E-state index contributed by atoms with van der Waals surface area (Å²) in [5.74, 6) is 5.78. The average molecular weight is 314 g/mol. The van der Waals surface area contributed by atoms with Gasteiger partial charge in [-0.05, 0) is 6.07 Å². The molecule has 0 unspecified atom stereocenters. The Balaban J connectivity index is 2.25. The number of hydrazone groups is 1. The second kappa shape index (κ2) is 7.59. The third-order valence-corrected chi connectivity index (χ3v) is 2.92. The molecule has 0 saturated carbocycles. The van der Waals surface area contributed by atoms with Gasteiger partial charge in [-0.2, -0.15) is 5.10 Å². The van der Waals surface area contributed by atoms with E-state index in [1.807, 2.05) is 0 Å². The predicted octanol–water partition coefficient (Wildman–Crippen LogP) is 1.53. The topological polar surface area (TPSA) is 136 Å². The zero-order valence-electron chi connectivity index (χ0n) is 12.3. The van der Waals surface area contributed by atoms with Crippen molar-refractivity contribution in [3.63, 3.8) is 0 Å². The van der Waals surface area contributed by atoms with E-state index in [1.54, 1.807) is 12.1 Å². The number of hydrogen-bond donors (Lipinski definition) is 2. The average Bonchev–Trinajstić information content (AvgIpc) is 2.61. The first-order chi connectivity index (χ1) is 11.2. The molecule has 2 aromatic rings. The highest BCUT2D eigenvalue weighted by Gasteiger charge is 2.12. The lowest BCUT2D eigenvalue weighted by atomic mass is 10.2. The Morgan fingerprint density at radius 3 is 2.96 bits per heavy atom. The molecule has 0 saturated heterocycles. The van der Waals surface area contributed by atoms with Crippen LogP contribution >= 0.6 is 0 Å². The lowest BCUT2D eigenvalue weighted by molar-refractivity contribution is 0.111. The summed E-state index contributed by atoms with van der Waals surface area (Å²) in [5, 5.41) is 6.63. The first-order valence-corrected chi connectivity index (χ1v) is 6.45. The number of aldehydes is 1. The highest BCUT2D eigenvalue weighted by Crippen LogP contribution is 2.21. The van der Waals surface area contributed by atoms with Crippen LogP contribution in [0.2, 0.25) is 0 Å². The standard InChI is InChI=1S/C14H14N6O3/c1-22-12-5-10(7-21)11(6-18-12)23-8-9-3-2-4-17-13(9)14(19-15)20-16/h2-7,15H,8,16H2,1H3/b19-15?,20-14-. The van der Waals surface area contributed by atoms with Crippen molar-refractivity contribution in [3.05, 3.63) is 47.4 Å². The van der Waals surface area contributed by atoms with Crippen LogP contribution in [-0.2, 0) is 6.61 Å². The molecule has 0 atom stereocenters. The molecule has 0 fully saturated rings. The number of nitrogens with two attached hydrogens (primary N) is 1. The lowest BCUT2D eigenvalue weighted by Gasteiger charge is -2.11. The molecule has 0 bridgehead atoms. The van der Waals surface area contributed by atoms with Crippen molar-refractivity contribution in [2.24, 2.45) is 16.1 Å². The zero-order valence-corrected chi connectivity index (χ0v) is 12.3. The fraction of sp³-hybridized carbons (Fsp3) is 0.143. The summed E-state index contributed by atoms with van der Waals surface area (Å²) in [6, 6.07) is 4.90. The number of nitrogens with zero attached hydrogens (tertiary/aromatic N) is 4. The van der Waals surface area contributed by atoms with Gasteiger partial charge in [0.1, 0.15) is 18.1 Å². The maximum absolute atomic E-state index is 11.1. The highest BCUT2D eigenvalue weighted by molar-refractivity contribution is 5.98. The van der Waals surface area contributed by atoms with Crippen LogP contribution in [-0.4, -0.2) is 29.2 Å². The number of rotatable bonds is 6. The predicted molar refractivity (Wildman–Crippen MR) is 80.6 cm³/mol. The van der Waals surface area contributed by atoms with Crippen LogP contribution in [0.15, 0.2) is 40.8 Å². The fourth-order valence-corrected chi connectivity index (χ4v) is 1.82. The van der Waals surface area contributed by atoms with Crippen molar-refractivity contribution < 1.29 is 14.3 Å². The van der Waals surface area contributed by atoms with E-state index >= 15 is 0 Å². The van der Waals surface area contributed by atoms with Crippen LogP contribution in [0.4, 0.5) is 0 Å². The summed E-state index contributed by atoms with van der Waals surface area (Å²) >= 11 is 0. The number of carbonyl (C=O) groups excluding carboxylic acids is 1. The molecule has 2 rings (SSSR count). The molecule has 9 nitrogen and oxygen atoms in total. The number of ether oxygens (including phenoxy) is 2. The molecule has 2 aromatic heterocycles. The smallest absolute Gasteiger partial charge is 0.218 e. The number of aromatic nitrogens is 2. The quantitative estimate of drug-likeness (QED) is 0.207. The number of pyridine rings is 2. The molecule has 23 heavy (non-hydrogen) atoms. The van der Waals surface area contributed by atoms with Crippen molar-refractivity contribution in [2.45, 2.75) is 6.61 Å². The van der Waals surface area contributed by atoms with Gasteiger partial charge in [-0.15, -0.1) is 5.11 Å². The molecule has 0 amide bonds. The van der Waals surface area contributed by atoms with Crippen molar-refractivity contribution in [1.29, 1.82) is 5.53 Å². The van der Waals surface area contributed by atoms with Crippen LogP contribution in [0.5, 0.6) is 11.6 Å². The van der Waals surface area contributed by atoms with Gasteiger partial charge in [-0.25, -0.2) is 10.5 Å². The summed E-state index contributed by atoms with van der Waals surface area (Å²) in [6.45, 7) is 0.0760. The van der Waals surface area contributed by atoms with E-state index in [9.17, 15) is 4.79 Å². The van der Waals surface area contributed by atoms with Crippen molar-refractivity contribution in [1.82, 2.24) is 9.97 Å². The van der Waals surface area contributed by atoms with Crippen LogP contribution in [0, 0.1) is 5.53 Å². The fourth-order valence-electron chi connectivity index (χ4n) is 1.82. The van der Waals surface area contributed by atoms with Gasteiger partial charge in [-0.1, -0.05) is 6.07 Å². The zero-order chi connectivity index (χ0) is 16.7. The van der Waals surface area contributed by atoms with Crippen LogP contribution < -0.4 is 15.3 Å². The molecule has 0 radical (unpaired) electrons. The van der Waals surface area contributed by atoms with E-state index in [0.717, 1.165) is 0 Å². The van der Waals surface area contributed by atoms with Gasteiger partial charge >= 0.3 is 0 Å². The summed E-state index contributed by atoms with van der Waals surface area (Å²) in [6.07, 6.45) is 3.57. The molecule has 0 aliphatic heterocycles. The lowest BCUT2D eigenvalue weighted by Crippen LogP contribution is -2.10. The molecule has 118 valence electrons. The molecule has 0 aromatic carbocycles. The summed E-state index contributed by atoms with van der Waals surface area (Å²) < 4.78 is 10.6. The van der Waals surface area contributed by atoms with Gasteiger partial charge in [0.15, 0.2) is 6.29 Å². The van der Waals surface area contributed by atoms with Gasteiger partial charge in [0.25, 0.3) is 0 Å². The molecule has 0 aliphatic rings. The Morgan fingerprint density at radius 2 is 2.30 bits per heavy atom. The number of methoxy groups -OCH3 is 1. The number of hydrogen-bond acceptors (Lipinski definition) is 8. The monoisotopic (exact) mass is 314 g/mol. The van der Waals surface area contributed by atoms with Crippen LogP contribution in [0.3, 0.4) is 0 Å². The third-order valence-electron chi connectivity index (χ3n) is 2.92. The largest absolute Gasteiger partial charge is 0.486 e. The van der Waals surface area contributed by atoms with E-state index < -0.39 is 0 Å². The van der Waals surface area contributed by atoms with Crippen molar-refractivity contribution >= 4 is 12.1 Å². The minimum atomic E-state index is -0.0207. The summed E-state index contributed by atoms with van der Waals surface area (Å²) in [5.41, 5.74) is 8.31. The molecular weight excluding hydrogens is 300 g/mol. The molecule has 3 N–H and O–H groups in total. The van der Waals surface area contributed by atoms with E-state index in [4.69, 9.17) is 20.8 Å². The SMILES string of the molecule is COc1cc(C=O)c(OCc2cccnc2/C(N=N)=N/N)cn1. The normalized spacial score (nSPS) is 10.9. The Kier molecular flexibility index (Phi) is 5.29. The Bertz CT molecular complexity index is 747. The first-order valence-electron chi connectivity index (χ1n) is 6.45. The molecular formula is C14H14N6O3. The van der Waals surface area contributed by atoms with Crippen LogP contribution in [0.1, 0.15) is 21.6 Å². The Hall–Kier alpha value is -3.36. The van der Waals surface area contributed by atoms with E-state index in [-0.39, 0.29) is 12.4 Å². The second-order valence-electron chi connectivity index (χ2n) is 4.25. The van der Waals surface area contributed by atoms with Gasteiger partial charge in [0.05, 0.1) is 18.9 Å². The molecule has 2 heterocycles. The van der Waals surface area contributed by atoms with Gasteiger partial charge in [0.2, 0.25) is 11.7 Å². The van der Waals surface area contributed by atoms with E-state index in [0.29, 0.717) is 34.7 Å². The Morgan fingerprint density at radius 1 is 1.48 bits per heavy atom. The van der Waals surface area contributed by atoms with Gasteiger partial charge in [0, 0.05) is 17.8 Å². The minimum absolute atomic E-state index is 0.0207.